The van der Waals surface area contributed by atoms with Crippen LogP contribution >= 0.6 is 0 Å². The number of hydrogen-bond donors (Lipinski definition) is 2. The Morgan fingerprint density at radius 3 is 2.83 bits per heavy atom. The van der Waals surface area contributed by atoms with E-state index >= 15 is 0 Å². The highest BCUT2D eigenvalue weighted by molar-refractivity contribution is 5.74. The van der Waals surface area contributed by atoms with Gasteiger partial charge in [0.1, 0.15) is 0 Å². The second-order valence-electron chi connectivity index (χ2n) is 5.10. The van der Waals surface area contributed by atoms with Gasteiger partial charge >= 0.3 is 6.03 Å². The molecule has 1 fully saturated rings. The van der Waals surface area contributed by atoms with E-state index in [0.29, 0.717) is 13.0 Å². The van der Waals surface area contributed by atoms with Crippen molar-refractivity contribution in [1.29, 1.82) is 0 Å². The van der Waals surface area contributed by atoms with Crippen molar-refractivity contribution in [3.63, 3.8) is 0 Å². The van der Waals surface area contributed by atoms with Crippen molar-refractivity contribution in [3.05, 3.63) is 0 Å². The summed E-state index contributed by atoms with van der Waals surface area (Å²) in [7, 11) is 1.77. The fourth-order valence-corrected chi connectivity index (χ4v) is 2.39. The van der Waals surface area contributed by atoms with E-state index in [-0.39, 0.29) is 24.1 Å². The van der Waals surface area contributed by atoms with Crippen molar-refractivity contribution in [1.82, 2.24) is 10.2 Å². The second-order valence-corrected chi connectivity index (χ2v) is 5.10. The predicted molar refractivity (Wildman–Crippen MR) is 72.0 cm³/mol. The molecule has 3 atom stereocenters. The number of urea groups is 1. The van der Waals surface area contributed by atoms with E-state index in [9.17, 15) is 9.90 Å². The van der Waals surface area contributed by atoms with Crippen molar-refractivity contribution in [3.8, 4) is 12.3 Å². The summed E-state index contributed by atoms with van der Waals surface area (Å²) in [5.41, 5.74) is 0. The van der Waals surface area contributed by atoms with Gasteiger partial charge in [0.15, 0.2) is 0 Å². The number of carbonyl (C=O) groups excluding carboxylic acids is 1. The van der Waals surface area contributed by atoms with Gasteiger partial charge in [-0.3, -0.25) is 0 Å². The van der Waals surface area contributed by atoms with Gasteiger partial charge < -0.3 is 15.3 Å². The number of amides is 2. The number of aliphatic hydroxyl groups excluding tert-OH is 1. The third kappa shape index (κ3) is 4.23. The molecule has 0 aromatic rings. The molecule has 1 aliphatic rings. The van der Waals surface area contributed by atoms with Crippen molar-refractivity contribution >= 4 is 6.03 Å². The summed E-state index contributed by atoms with van der Waals surface area (Å²) in [5, 5.41) is 12.7. The number of nitrogens with zero attached hydrogens (tertiary/aromatic N) is 1. The molecule has 3 unspecified atom stereocenters. The largest absolute Gasteiger partial charge is 0.393 e. The third-order valence-corrected chi connectivity index (χ3v) is 3.66. The summed E-state index contributed by atoms with van der Waals surface area (Å²) in [4.78, 5) is 13.6. The lowest BCUT2D eigenvalue weighted by Crippen LogP contribution is -2.45. The van der Waals surface area contributed by atoms with Gasteiger partial charge in [0.25, 0.3) is 0 Å². The molecule has 0 aromatic heterocycles. The maximum atomic E-state index is 11.9. The summed E-state index contributed by atoms with van der Waals surface area (Å²) in [6.45, 7) is 2.61. The van der Waals surface area contributed by atoms with E-state index in [2.05, 4.69) is 11.2 Å². The first-order valence-electron chi connectivity index (χ1n) is 6.71. The highest BCUT2D eigenvalue weighted by Crippen LogP contribution is 2.25. The highest BCUT2D eigenvalue weighted by Gasteiger charge is 2.27. The van der Waals surface area contributed by atoms with Crippen molar-refractivity contribution < 1.29 is 9.90 Å². The fourth-order valence-electron chi connectivity index (χ4n) is 2.39. The minimum Gasteiger partial charge on any atom is -0.393 e. The van der Waals surface area contributed by atoms with Crippen molar-refractivity contribution in [2.75, 3.05) is 13.6 Å². The molecule has 0 bridgehead atoms. The number of hydrogen-bond acceptors (Lipinski definition) is 2. The SMILES string of the molecule is C#CCC(CC)NC(=O)N(C)CC1CCCC1O. The monoisotopic (exact) mass is 252 g/mol. The van der Waals surface area contributed by atoms with Crippen LogP contribution in [-0.2, 0) is 0 Å². The van der Waals surface area contributed by atoms with Gasteiger partial charge in [-0.1, -0.05) is 13.3 Å². The fraction of sp³-hybridized carbons (Fsp3) is 0.786. The predicted octanol–water partition coefficient (Wildman–Crippen LogP) is 1.59. The Hall–Kier alpha value is -1.21. The molecular formula is C14H24N2O2. The summed E-state index contributed by atoms with van der Waals surface area (Å²) in [5.74, 6) is 2.79. The Bertz CT molecular complexity index is 311. The molecule has 0 aromatic carbocycles. The van der Waals surface area contributed by atoms with Crippen LogP contribution in [0.25, 0.3) is 0 Å². The Labute approximate surface area is 110 Å². The molecule has 2 N–H and O–H groups in total. The van der Waals surface area contributed by atoms with Crippen LogP contribution in [0.1, 0.15) is 39.0 Å². The van der Waals surface area contributed by atoms with E-state index in [1.165, 1.54) is 0 Å². The van der Waals surface area contributed by atoms with Crippen LogP contribution < -0.4 is 5.32 Å². The molecule has 4 heteroatoms. The summed E-state index contributed by atoms with van der Waals surface area (Å²) >= 11 is 0. The van der Waals surface area contributed by atoms with E-state index < -0.39 is 0 Å². The molecule has 0 saturated heterocycles. The lowest BCUT2D eigenvalue weighted by atomic mass is 10.1. The molecule has 1 saturated carbocycles. The minimum atomic E-state index is -0.257. The van der Waals surface area contributed by atoms with Gasteiger partial charge in [-0.15, -0.1) is 12.3 Å². The van der Waals surface area contributed by atoms with Gasteiger partial charge in [0.05, 0.1) is 6.10 Å². The Morgan fingerprint density at radius 2 is 2.33 bits per heavy atom. The minimum absolute atomic E-state index is 0.0402. The van der Waals surface area contributed by atoms with Gasteiger partial charge in [0.2, 0.25) is 0 Å². The van der Waals surface area contributed by atoms with Crippen LogP contribution in [0.5, 0.6) is 0 Å². The Balaban J connectivity index is 2.38. The summed E-state index contributed by atoms with van der Waals surface area (Å²) < 4.78 is 0. The van der Waals surface area contributed by atoms with Gasteiger partial charge in [-0.2, -0.15) is 0 Å². The van der Waals surface area contributed by atoms with E-state index in [0.717, 1.165) is 25.7 Å². The molecule has 1 aliphatic carbocycles. The van der Waals surface area contributed by atoms with E-state index in [1.54, 1.807) is 11.9 Å². The maximum Gasteiger partial charge on any atom is 0.317 e. The topological polar surface area (TPSA) is 52.6 Å². The average Bonchev–Trinajstić information content (AvgIpc) is 2.74. The molecule has 18 heavy (non-hydrogen) atoms. The van der Waals surface area contributed by atoms with Crippen LogP contribution in [-0.4, -0.2) is 41.8 Å². The first-order chi connectivity index (χ1) is 8.58. The first kappa shape index (κ1) is 14.8. The van der Waals surface area contributed by atoms with Gasteiger partial charge in [0, 0.05) is 32.0 Å². The van der Waals surface area contributed by atoms with E-state index in [4.69, 9.17) is 6.42 Å². The number of nitrogens with one attached hydrogen (secondary N) is 1. The molecule has 0 aliphatic heterocycles. The summed E-state index contributed by atoms with van der Waals surface area (Å²) in [6.07, 6.45) is 9.30. The zero-order valence-electron chi connectivity index (χ0n) is 11.4. The molecule has 0 heterocycles. The smallest absolute Gasteiger partial charge is 0.317 e. The molecule has 1 rings (SSSR count). The molecule has 102 valence electrons. The van der Waals surface area contributed by atoms with Crippen LogP contribution in [0.2, 0.25) is 0 Å². The third-order valence-electron chi connectivity index (χ3n) is 3.66. The number of terminal acetylenes is 1. The number of carbonyl (C=O) groups is 1. The molecule has 0 spiro atoms. The number of rotatable bonds is 5. The van der Waals surface area contributed by atoms with Crippen LogP contribution in [0.15, 0.2) is 0 Å². The normalized spacial score (nSPS) is 24.3. The van der Waals surface area contributed by atoms with Gasteiger partial charge in [-0.05, 0) is 19.3 Å². The lowest BCUT2D eigenvalue weighted by molar-refractivity contribution is 0.113. The van der Waals surface area contributed by atoms with Gasteiger partial charge in [-0.25, -0.2) is 4.79 Å². The van der Waals surface area contributed by atoms with E-state index in [1.807, 2.05) is 6.92 Å². The second kappa shape index (κ2) is 7.27. The molecule has 4 nitrogen and oxygen atoms in total. The molecule has 2 amide bonds. The van der Waals surface area contributed by atoms with Crippen LogP contribution in [0.3, 0.4) is 0 Å². The standard InChI is InChI=1S/C14H24N2O2/c1-4-7-12(5-2)15-14(18)16(3)10-11-8-6-9-13(11)17/h1,11-13,17H,5-10H2,2-3H3,(H,15,18). The van der Waals surface area contributed by atoms with Crippen molar-refractivity contribution in [2.24, 2.45) is 5.92 Å². The Kier molecular flexibility index (Phi) is 6.00. The average molecular weight is 252 g/mol. The zero-order chi connectivity index (χ0) is 13.5. The zero-order valence-corrected chi connectivity index (χ0v) is 11.4. The Morgan fingerprint density at radius 1 is 1.61 bits per heavy atom. The maximum absolute atomic E-state index is 11.9. The first-order valence-corrected chi connectivity index (χ1v) is 6.71. The highest BCUT2D eigenvalue weighted by atomic mass is 16.3. The molecular weight excluding hydrogens is 228 g/mol. The van der Waals surface area contributed by atoms with Crippen LogP contribution in [0.4, 0.5) is 4.79 Å². The van der Waals surface area contributed by atoms with Crippen molar-refractivity contribution in [2.45, 2.75) is 51.2 Å². The quantitative estimate of drug-likeness (QED) is 0.730. The number of aliphatic hydroxyl groups is 1. The summed E-state index contributed by atoms with van der Waals surface area (Å²) in [6, 6.07) is -0.0605. The molecule has 0 radical (unpaired) electrons. The van der Waals surface area contributed by atoms with Crippen LogP contribution in [0, 0.1) is 18.3 Å². The lowest BCUT2D eigenvalue weighted by Gasteiger charge is -2.25.